The molecule has 3 N–H and O–H groups in total. The van der Waals surface area contributed by atoms with Crippen LogP contribution in [0.1, 0.15) is 18.9 Å². The summed E-state index contributed by atoms with van der Waals surface area (Å²) in [5.41, 5.74) is 0.832. The summed E-state index contributed by atoms with van der Waals surface area (Å²) in [5, 5.41) is 22.5. The summed E-state index contributed by atoms with van der Waals surface area (Å²) in [6.45, 7) is 5.12. The Kier molecular flexibility index (Phi) is 4.09. The Balaban J connectivity index is 1.91. The van der Waals surface area contributed by atoms with Crippen molar-refractivity contribution in [3.8, 4) is 11.5 Å². The number of phenolic OH excluding ortho intramolecular Hbond substituents is 2. The number of aromatic hydroxyl groups is 2. The molecule has 2 rings (SSSR count). The average molecular weight is 250 g/mol. The van der Waals surface area contributed by atoms with Gasteiger partial charge in [-0.25, -0.2) is 0 Å². The fraction of sp³-hybridized carbons (Fsp3) is 0.571. The van der Waals surface area contributed by atoms with Crippen LogP contribution in [0.15, 0.2) is 18.2 Å². The molecule has 4 heteroatoms. The molecule has 0 radical (unpaired) electrons. The summed E-state index contributed by atoms with van der Waals surface area (Å²) in [5.74, 6) is 0.870. The zero-order valence-electron chi connectivity index (χ0n) is 11.1. The number of likely N-dealkylation sites (tertiary alicyclic amines) is 1. The van der Waals surface area contributed by atoms with Gasteiger partial charge in [0.05, 0.1) is 0 Å². The number of benzene rings is 1. The molecule has 0 spiro atoms. The van der Waals surface area contributed by atoms with Crippen LogP contribution in [0.25, 0.3) is 0 Å². The first-order chi connectivity index (χ1) is 8.56. The van der Waals surface area contributed by atoms with E-state index in [9.17, 15) is 10.2 Å². The molecule has 1 aromatic carbocycles. The van der Waals surface area contributed by atoms with Gasteiger partial charge in [-0.15, -0.1) is 0 Å². The molecule has 0 amide bonds. The smallest absolute Gasteiger partial charge is 0.123 e. The molecular weight excluding hydrogens is 228 g/mol. The van der Waals surface area contributed by atoms with Crippen molar-refractivity contribution in [2.75, 3.05) is 20.1 Å². The quantitative estimate of drug-likeness (QED) is 0.761. The van der Waals surface area contributed by atoms with Crippen LogP contribution in [0.2, 0.25) is 0 Å². The molecule has 100 valence electrons. The Morgan fingerprint density at radius 1 is 1.39 bits per heavy atom. The lowest BCUT2D eigenvalue weighted by Gasteiger charge is -2.35. The lowest BCUT2D eigenvalue weighted by molar-refractivity contribution is 0.174. The predicted octanol–water partition coefficient (Wildman–Crippen LogP) is 1.53. The Bertz CT molecular complexity index is 409. The van der Waals surface area contributed by atoms with Crippen LogP contribution in [-0.2, 0) is 6.54 Å². The molecule has 0 aliphatic carbocycles. The minimum absolute atomic E-state index is 0.101. The van der Waals surface area contributed by atoms with Crippen molar-refractivity contribution in [3.63, 3.8) is 0 Å². The first kappa shape index (κ1) is 13.2. The van der Waals surface area contributed by atoms with Crippen molar-refractivity contribution < 1.29 is 10.2 Å². The van der Waals surface area contributed by atoms with E-state index in [1.165, 1.54) is 6.07 Å². The van der Waals surface area contributed by atoms with Crippen LogP contribution in [0.5, 0.6) is 11.5 Å². The predicted molar refractivity (Wildman–Crippen MR) is 71.7 cm³/mol. The number of rotatable bonds is 3. The molecule has 0 saturated carbocycles. The maximum atomic E-state index is 9.72. The van der Waals surface area contributed by atoms with Crippen LogP contribution in [0.4, 0.5) is 0 Å². The molecule has 0 bridgehead atoms. The van der Waals surface area contributed by atoms with Crippen LogP contribution in [0, 0.1) is 5.92 Å². The average Bonchev–Trinajstić information content (AvgIpc) is 2.30. The van der Waals surface area contributed by atoms with Crippen molar-refractivity contribution in [3.05, 3.63) is 23.8 Å². The van der Waals surface area contributed by atoms with E-state index in [4.69, 9.17) is 0 Å². The Labute approximate surface area is 108 Å². The first-order valence-electron chi connectivity index (χ1n) is 6.49. The first-order valence-corrected chi connectivity index (χ1v) is 6.49. The number of nitrogens with one attached hydrogen (secondary N) is 1. The van der Waals surface area contributed by atoms with Crippen LogP contribution < -0.4 is 5.32 Å². The summed E-state index contributed by atoms with van der Waals surface area (Å²) in [6.07, 6.45) is 1.14. The van der Waals surface area contributed by atoms with Crippen LogP contribution in [-0.4, -0.2) is 41.3 Å². The maximum absolute atomic E-state index is 9.72. The molecule has 1 saturated heterocycles. The summed E-state index contributed by atoms with van der Waals surface area (Å²) in [4.78, 5) is 2.35. The normalized spacial score (nSPS) is 25.2. The van der Waals surface area contributed by atoms with Gasteiger partial charge in [0.25, 0.3) is 0 Å². The van der Waals surface area contributed by atoms with Gasteiger partial charge in [-0.1, -0.05) is 13.0 Å². The number of nitrogens with zero attached hydrogens (tertiary/aromatic N) is 1. The van der Waals surface area contributed by atoms with Crippen molar-refractivity contribution in [1.29, 1.82) is 0 Å². The van der Waals surface area contributed by atoms with Gasteiger partial charge in [-0.3, -0.25) is 0 Å². The summed E-state index contributed by atoms with van der Waals surface area (Å²) < 4.78 is 0. The molecular formula is C14H22N2O2. The molecule has 1 aliphatic rings. The Morgan fingerprint density at radius 3 is 2.83 bits per heavy atom. The van der Waals surface area contributed by atoms with E-state index in [2.05, 4.69) is 24.2 Å². The molecule has 4 nitrogen and oxygen atoms in total. The highest BCUT2D eigenvalue weighted by Gasteiger charge is 2.23. The van der Waals surface area contributed by atoms with E-state index in [0.717, 1.165) is 25.1 Å². The Hall–Kier alpha value is -1.26. The van der Waals surface area contributed by atoms with Gasteiger partial charge in [0.15, 0.2) is 0 Å². The third-order valence-electron chi connectivity index (χ3n) is 3.73. The lowest BCUT2D eigenvalue weighted by atomic mass is 9.94. The monoisotopic (exact) mass is 250 g/mol. The topological polar surface area (TPSA) is 55.7 Å². The zero-order valence-corrected chi connectivity index (χ0v) is 11.1. The highest BCUT2D eigenvalue weighted by molar-refractivity contribution is 5.38. The van der Waals surface area contributed by atoms with Crippen molar-refractivity contribution in [1.82, 2.24) is 10.2 Å². The largest absolute Gasteiger partial charge is 0.508 e. The van der Waals surface area contributed by atoms with E-state index in [1.807, 2.05) is 0 Å². The second-order valence-corrected chi connectivity index (χ2v) is 5.33. The zero-order chi connectivity index (χ0) is 13.1. The SMILES string of the molecule is CC1CN(C)CCC1NCc1ccc(O)cc1O. The fourth-order valence-corrected chi connectivity index (χ4v) is 2.60. The molecule has 18 heavy (non-hydrogen) atoms. The summed E-state index contributed by atoms with van der Waals surface area (Å²) in [6, 6.07) is 5.25. The van der Waals surface area contributed by atoms with Crippen molar-refractivity contribution in [2.45, 2.75) is 25.9 Å². The van der Waals surface area contributed by atoms with Gasteiger partial charge < -0.3 is 20.4 Å². The molecule has 2 unspecified atom stereocenters. The lowest BCUT2D eigenvalue weighted by Crippen LogP contribution is -2.46. The summed E-state index contributed by atoms with van der Waals surface area (Å²) >= 11 is 0. The van der Waals surface area contributed by atoms with Gasteiger partial charge >= 0.3 is 0 Å². The van der Waals surface area contributed by atoms with Crippen molar-refractivity contribution >= 4 is 0 Å². The van der Waals surface area contributed by atoms with Gasteiger partial charge in [0.1, 0.15) is 11.5 Å². The molecule has 1 fully saturated rings. The van der Waals surface area contributed by atoms with E-state index >= 15 is 0 Å². The second kappa shape index (κ2) is 5.59. The van der Waals surface area contributed by atoms with Gasteiger partial charge in [0.2, 0.25) is 0 Å². The minimum Gasteiger partial charge on any atom is -0.508 e. The Morgan fingerprint density at radius 2 is 2.17 bits per heavy atom. The van der Waals surface area contributed by atoms with Gasteiger partial charge in [0, 0.05) is 30.8 Å². The number of hydrogen-bond acceptors (Lipinski definition) is 4. The third kappa shape index (κ3) is 3.15. The van der Waals surface area contributed by atoms with Gasteiger partial charge in [-0.2, -0.15) is 0 Å². The molecule has 0 aromatic heterocycles. The standard InChI is InChI=1S/C14H22N2O2/c1-10-9-16(2)6-5-13(10)15-8-11-3-4-12(17)7-14(11)18/h3-4,7,10,13,15,17-18H,5-6,8-9H2,1-2H3. The highest BCUT2D eigenvalue weighted by Crippen LogP contribution is 2.23. The maximum Gasteiger partial charge on any atom is 0.123 e. The van der Waals surface area contributed by atoms with Crippen LogP contribution >= 0.6 is 0 Å². The van der Waals surface area contributed by atoms with E-state index in [0.29, 0.717) is 18.5 Å². The number of phenols is 2. The second-order valence-electron chi connectivity index (χ2n) is 5.33. The number of piperidine rings is 1. The number of hydrogen-bond donors (Lipinski definition) is 3. The van der Waals surface area contributed by atoms with Crippen molar-refractivity contribution in [2.24, 2.45) is 5.92 Å². The van der Waals surface area contributed by atoms with E-state index in [-0.39, 0.29) is 11.5 Å². The van der Waals surface area contributed by atoms with Gasteiger partial charge in [-0.05, 0) is 32.0 Å². The molecule has 1 heterocycles. The molecule has 1 aliphatic heterocycles. The third-order valence-corrected chi connectivity index (χ3v) is 3.73. The van der Waals surface area contributed by atoms with E-state index < -0.39 is 0 Å². The fourth-order valence-electron chi connectivity index (χ4n) is 2.60. The highest BCUT2D eigenvalue weighted by atomic mass is 16.3. The van der Waals surface area contributed by atoms with E-state index in [1.54, 1.807) is 12.1 Å². The molecule has 1 aromatic rings. The summed E-state index contributed by atoms with van der Waals surface area (Å²) in [7, 11) is 2.15. The minimum atomic E-state index is 0.101. The molecule has 2 atom stereocenters. The van der Waals surface area contributed by atoms with Crippen LogP contribution in [0.3, 0.4) is 0 Å².